The summed E-state index contributed by atoms with van der Waals surface area (Å²) in [6, 6.07) is 0.532. The summed E-state index contributed by atoms with van der Waals surface area (Å²) < 4.78 is 2.38. The van der Waals surface area contributed by atoms with E-state index in [1.54, 1.807) is 0 Å². The monoisotopic (exact) mass is 263 g/mol. The van der Waals surface area contributed by atoms with Crippen LogP contribution in [0.25, 0.3) is 0 Å². The maximum absolute atomic E-state index is 6.01. The van der Waals surface area contributed by atoms with Gasteiger partial charge in [0, 0.05) is 11.7 Å². The first-order chi connectivity index (χ1) is 8.84. The highest BCUT2D eigenvalue weighted by atomic mass is 15.1. The zero-order valence-electron chi connectivity index (χ0n) is 13.1. The Morgan fingerprint density at radius 1 is 1.32 bits per heavy atom. The summed E-state index contributed by atoms with van der Waals surface area (Å²) in [5.41, 5.74) is 8.85. The SMILES string of the molecule is Cc1ncn(C2CC(C(C)(C)C)CCC2CN)c1C. The van der Waals surface area contributed by atoms with Crippen molar-refractivity contribution in [3.8, 4) is 0 Å². The zero-order valence-corrected chi connectivity index (χ0v) is 13.1. The lowest BCUT2D eigenvalue weighted by atomic mass is 9.68. The number of rotatable bonds is 2. The molecule has 3 nitrogen and oxygen atoms in total. The quantitative estimate of drug-likeness (QED) is 0.888. The van der Waals surface area contributed by atoms with Crippen molar-refractivity contribution in [2.45, 2.75) is 59.9 Å². The molecule has 1 aliphatic carbocycles. The van der Waals surface area contributed by atoms with Crippen LogP contribution in [0, 0.1) is 31.1 Å². The van der Waals surface area contributed by atoms with E-state index in [2.05, 4.69) is 44.2 Å². The van der Waals surface area contributed by atoms with Gasteiger partial charge in [0.25, 0.3) is 0 Å². The molecule has 2 rings (SSSR count). The van der Waals surface area contributed by atoms with E-state index >= 15 is 0 Å². The third kappa shape index (κ3) is 2.86. The van der Waals surface area contributed by atoms with E-state index in [9.17, 15) is 0 Å². The fourth-order valence-corrected chi connectivity index (χ4v) is 3.46. The highest BCUT2D eigenvalue weighted by Crippen LogP contribution is 2.44. The second-order valence-corrected chi connectivity index (χ2v) is 7.26. The van der Waals surface area contributed by atoms with Crippen LogP contribution in [0.5, 0.6) is 0 Å². The lowest BCUT2D eigenvalue weighted by molar-refractivity contribution is 0.105. The number of hydrogen-bond donors (Lipinski definition) is 1. The van der Waals surface area contributed by atoms with Crippen molar-refractivity contribution in [2.24, 2.45) is 23.0 Å². The van der Waals surface area contributed by atoms with E-state index in [0.717, 1.165) is 18.2 Å². The maximum atomic E-state index is 6.01. The summed E-state index contributed by atoms with van der Waals surface area (Å²) in [5, 5.41) is 0. The van der Waals surface area contributed by atoms with E-state index in [4.69, 9.17) is 5.73 Å². The smallest absolute Gasteiger partial charge is 0.0954 e. The molecule has 1 fully saturated rings. The molecule has 0 amide bonds. The van der Waals surface area contributed by atoms with Crippen LogP contribution in [0.15, 0.2) is 6.33 Å². The normalized spacial score (nSPS) is 28.6. The minimum absolute atomic E-state index is 0.390. The van der Waals surface area contributed by atoms with Crippen molar-refractivity contribution in [1.29, 1.82) is 0 Å². The van der Waals surface area contributed by atoms with Gasteiger partial charge in [0.2, 0.25) is 0 Å². The fraction of sp³-hybridized carbons (Fsp3) is 0.812. The van der Waals surface area contributed by atoms with Crippen LogP contribution in [0.3, 0.4) is 0 Å². The van der Waals surface area contributed by atoms with Gasteiger partial charge in [-0.2, -0.15) is 0 Å². The van der Waals surface area contributed by atoms with E-state index in [1.165, 1.54) is 25.0 Å². The summed E-state index contributed by atoms with van der Waals surface area (Å²) in [7, 11) is 0. The molecule has 0 saturated heterocycles. The molecule has 1 aromatic heterocycles. The predicted molar refractivity (Wildman–Crippen MR) is 80.1 cm³/mol. The summed E-state index contributed by atoms with van der Waals surface area (Å²) >= 11 is 0. The molecule has 0 aliphatic heterocycles. The lowest BCUT2D eigenvalue weighted by Crippen LogP contribution is -2.36. The Hall–Kier alpha value is -0.830. The molecule has 3 unspecified atom stereocenters. The van der Waals surface area contributed by atoms with Crippen molar-refractivity contribution in [1.82, 2.24) is 9.55 Å². The average molecular weight is 263 g/mol. The molecule has 108 valence electrons. The van der Waals surface area contributed by atoms with Gasteiger partial charge in [-0.05, 0) is 56.9 Å². The van der Waals surface area contributed by atoms with Gasteiger partial charge in [-0.1, -0.05) is 20.8 Å². The van der Waals surface area contributed by atoms with Gasteiger partial charge in [-0.15, -0.1) is 0 Å². The first kappa shape index (κ1) is 14.6. The maximum Gasteiger partial charge on any atom is 0.0954 e. The minimum Gasteiger partial charge on any atom is -0.331 e. The summed E-state index contributed by atoms with van der Waals surface area (Å²) in [6.07, 6.45) is 5.82. The second-order valence-electron chi connectivity index (χ2n) is 7.26. The van der Waals surface area contributed by atoms with Crippen LogP contribution in [0.2, 0.25) is 0 Å². The van der Waals surface area contributed by atoms with Crippen molar-refractivity contribution < 1.29 is 0 Å². The molecule has 0 spiro atoms. The Morgan fingerprint density at radius 3 is 2.47 bits per heavy atom. The van der Waals surface area contributed by atoms with Gasteiger partial charge in [0.15, 0.2) is 0 Å². The van der Waals surface area contributed by atoms with Crippen LogP contribution in [-0.4, -0.2) is 16.1 Å². The molecular formula is C16H29N3. The molecule has 0 aromatic carbocycles. The topological polar surface area (TPSA) is 43.8 Å². The average Bonchev–Trinajstić information content (AvgIpc) is 2.68. The molecule has 0 radical (unpaired) electrons. The number of hydrogen-bond acceptors (Lipinski definition) is 2. The summed E-state index contributed by atoms with van der Waals surface area (Å²) in [6.45, 7) is 12.2. The summed E-state index contributed by atoms with van der Waals surface area (Å²) in [4.78, 5) is 4.47. The lowest BCUT2D eigenvalue weighted by Gasteiger charge is -2.42. The number of aryl methyl sites for hydroxylation is 1. The van der Waals surface area contributed by atoms with Gasteiger partial charge in [-0.25, -0.2) is 4.98 Å². The molecule has 1 aromatic rings. The molecule has 0 bridgehead atoms. The Bertz CT molecular complexity index is 428. The van der Waals surface area contributed by atoms with E-state index in [-0.39, 0.29) is 0 Å². The zero-order chi connectivity index (χ0) is 14.2. The standard InChI is InChI=1S/C16H29N3/c1-11-12(2)19(10-18-11)15-8-14(16(3,4)5)7-6-13(15)9-17/h10,13-15H,6-9,17H2,1-5H3. The number of imidazole rings is 1. The third-order valence-electron chi connectivity index (χ3n) is 5.13. The van der Waals surface area contributed by atoms with E-state index in [0.29, 0.717) is 17.4 Å². The Kier molecular flexibility index (Phi) is 4.05. The third-order valence-corrected chi connectivity index (χ3v) is 5.13. The van der Waals surface area contributed by atoms with Crippen molar-refractivity contribution in [2.75, 3.05) is 6.54 Å². The Labute approximate surface area is 117 Å². The van der Waals surface area contributed by atoms with Crippen LogP contribution >= 0.6 is 0 Å². The first-order valence-corrected chi connectivity index (χ1v) is 7.54. The second kappa shape index (κ2) is 5.28. The summed E-state index contributed by atoms with van der Waals surface area (Å²) in [5.74, 6) is 1.38. The van der Waals surface area contributed by atoms with Crippen LogP contribution in [0.1, 0.15) is 57.5 Å². The fourth-order valence-electron chi connectivity index (χ4n) is 3.46. The van der Waals surface area contributed by atoms with Crippen LogP contribution in [-0.2, 0) is 0 Å². The highest BCUT2D eigenvalue weighted by Gasteiger charge is 2.36. The molecular weight excluding hydrogens is 234 g/mol. The Balaban J connectivity index is 2.26. The van der Waals surface area contributed by atoms with Gasteiger partial charge < -0.3 is 10.3 Å². The molecule has 19 heavy (non-hydrogen) atoms. The molecule has 1 heterocycles. The predicted octanol–water partition coefficient (Wildman–Crippen LogP) is 3.46. The van der Waals surface area contributed by atoms with Gasteiger partial charge in [0.05, 0.1) is 12.0 Å². The molecule has 3 atom stereocenters. The number of nitrogens with two attached hydrogens (primary N) is 1. The molecule has 2 N–H and O–H groups in total. The van der Waals surface area contributed by atoms with Gasteiger partial charge >= 0.3 is 0 Å². The highest BCUT2D eigenvalue weighted by molar-refractivity contribution is 5.11. The molecule has 3 heteroatoms. The van der Waals surface area contributed by atoms with Crippen LogP contribution < -0.4 is 5.73 Å². The molecule has 1 saturated carbocycles. The largest absolute Gasteiger partial charge is 0.331 e. The Morgan fingerprint density at radius 2 is 2.00 bits per heavy atom. The van der Waals surface area contributed by atoms with Crippen molar-refractivity contribution >= 4 is 0 Å². The number of nitrogens with zero attached hydrogens (tertiary/aromatic N) is 2. The minimum atomic E-state index is 0.390. The van der Waals surface area contributed by atoms with Gasteiger partial charge in [0.1, 0.15) is 0 Å². The van der Waals surface area contributed by atoms with Crippen LogP contribution in [0.4, 0.5) is 0 Å². The number of aromatic nitrogens is 2. The van der Waals surface area contributed by atoms with Gasteiger partial charge in [-0.3, -0.25) is 0 Å². The van der Waals surface area contributed by atoms with E-state index in [1.807, 2.05) is 6.33 Å². The molecule has 1 aliphatic rings. The van der Waals surface area contributed by atoms with Crippen molar-refractivity contribution in [3.63, 3.8) is 0 Å². The van der Waals surface area contributed by atoms with Crippen molar-refractivity contribution in [3.05, 3.63) is 17.7 Å². The van der Waals surface area contributed by atoms with E-state index < -0.39 is 0 Å². The first-order valence-electron chi connectivity index (χ1n) is 7.54.